The molecule has 170 valence electrons. The number of carbonyl (C=O) groups is 2. The molecule has 33 heavy (non-hydrogen) atoms. The van der Waals surface area contributed by atoms with Crippen LogP contribution in [0.3, 0.4) is 0 Å². The van der Waals surface area contributed by atoms with Gasteiger partial charge >= 0.3 is 0 Å². The number of hydrogen-bond donors (Lipinski definition) is 1. The van der Waals surface area contributed by atoms with Crippen molar-refractivity contribution < 1.29 is 19.1 Å². The molecule has 0 bridgehead atoms. The van der Waals surface area contributed by atoms with Crippen LogP contribution in [0.25, 0.3) is 0 Å². The minimum absolute atomic E-state index is 0.0907. The van der Waals surface area contributed by atoms with Gasteiger partial charge in [-0.2, -0.15) is 0 Å². The van der Waals surface area contributed by atoms with Crippen LogP contribution in [0.1, 0.15) is 32.3 Å². The number of benzene rings is 2. The van der Waals surface area contributed by atoms with E-state index in [9.17, 15) is 9.59 Å². The van der Waals surface area contributed by atoms with Crippen LogP contribution in [0.5, 0.6) is 11.5 Å². The molecule has 2 aromatic rings. The highest BCUT2D eigenvalue weighted by molar-refractivity contribution is 8.15. The molecule has 0 aromatic heterocycles. The lowest BCUT2D eigenvalue weighted by molar-refractivity contribution is -0.124. The molecule has 0 unspecified atom stereocenters. The van der Waals surface area contributed by atoms with Gasteiger partial charge in [0.1, 0.15) is 25.1 Å². The first-order valence-corrected chi connectivity index (χ1v) is 11.9. The first kappa shape index (κ1) is 21.5. The van der Waals surface area contributed by atoms with Crippen molar-refractivity contribution in [2.24, 2.45) is 9.98 Å². The van der Waals surface area contributed by atoms with Gasteiger partial charge in [0.25, 0.3) is 5.91 Å². The van der Waals surface area contributed by atoms with Gasteiger partial charge in [-0.3, -0.25) is 14.6 Å². The van der Waals surface area contributed by atoms with Crippen LogP contribution in [0, 0.1) is 0 Å². The number of fused-ring (bicyclic) bond motifs is 4. The Labute approximate surface area is 196 Å². The van der Waals surface area contributed by atoms with E-state index in [1.54, 1.807) is 30.0 Å². The van der Waals surface area contributed by atoms with E-state index < -0.39 is 11.3 Å². The molecule has 0 spiro atoms. The lowest BCUT2D eigenvalue weighted by Crippen LogP contribution is -2.42. The van der Waals surface area contributed by atoms with E-state index in [-0.39, 0.29) is 11.8 Å². The third-order valence-corrected chi connectivity index (χ3v) is 6.62. The van der Waals surface area contributed by atoms with Crippen LogP contribution in [0.15, 0.2) is 52.4 Å². The summed E-state index contributed by atoms with van der Waals surface area (Å²) in [5.74, 6) is 1.60. The molecule has 0 aliphatic carbocycles. The first-order valence-electron chi connectivity index (χ1n) is 11.0. The molecule has 3 aliphatic heterocycles. The summed E-state index contributed by atoms with van der Waals surface area (Å²) in [6.07, 6.45) is 1.54. The molecule has 9 heteroatoms. The number of ether oxygens (including phenoxy) is 2. The van der Waals surface area contributed by atoms with E-state index in [1.165, 1.54) is 11.8 Å². The largest absolute Gasteiger partial charge is 0.486 e. The summed E-state index contributed by atoms with van der Waals surface area (Å²) < 4.78 is 11.1. The zero-order valence-corrected chi connectivity index (χ0v) is 19.2. The molecule has 8 nitrogen and oxygen atoms in total. The number of aliphatic imine (C=N–C) groups is 2. The predicted octanol–water partition coefficient (Wildman–Crippen LogP) is 3.98. The molecule has 3 aliphatic rings. The van der Waals surface area contributed by atoms with Gasteiger partial charge in [0.2, 0.25) is 5.91 Å². The van der Waals surface area contributed by atoms with Crippen molar-refractivity contribution >= 4 is 46.0 Å². The number of para-hydroxylation sites is 1. The summed E-state index contributed by atoms with van der Waals surface area (Å²) in [6, 6.07) is 12.5. The van der Waals surface area contributed by atoms with Gasteiger partial charge in [0.15, 0.2) is 16.7 Å². The summed E-state index contributed by atoms with van der Waals surface area (Å²) in [5, 5.41) is 2.89. The number of anilines is 1. The van der Waals surface area contributed by atoms with Crippen LogP contribution in [0.4, 0.5) is 11.4 Å². The zero-order chi connectivity index (χ0) is 22.9. The van der Waals surface area contributed by atoms with Crippen molar-refractivity contribution in [1.29, 1.82) is 0 Å². The normalized spacial score (nSPS) is 19.3. The fourth-order valence-corrected chi connectivity index (χ4v) is 4.83. The Balaban J connectivity index is 1.36. The Morgan fingerprint density at radius 3 is 2.82 bits per heavy atom. The maximum absolute atomic E-state index is 13.1. The molecule has 2 amide bonds. The van der Waals surface area contributed by atoms with Gasteiger partial charge in [0, 0.05) is 17.3 Å². The second-order valence-corrected chi connectivity index (χ2v) is 9.26. The Bertz CT molecular complexity index is 1180. The third kappa shape index (κ3) is 4.08. The fraction of sp³-hybridized carbons (Fsp3) is 0.333. The van der Waals surface area contributed by atoms with Crippen molar-refractivity contribution in [3.8, 4) is 11.5 Å². The average Bonchev–Trinajstić information content (AvgIpc) is 3.16. The summed E-state index contributed by atoms with van der Waals surface area (Å²) in [4.78, 5) is 37.1. The maximum Gasteiger partial charge on any atom is 0.259 e. The van der Waals surface area contributed by atoms with Gasteiger partial charge in [-0.1, -0.05) is 37.2 Å². The smallest absolute Gasteiger partial charge is 0.259 e. The molecule has 1 N–H and O–H groups in total. The number of thioether (sulfide) groups is 1. The van der Waals surface area contributed by atoms with Crippen molar-refractivity contribution in [3.63, 3.8) is 0 Å². The number of amidine groups is 2. The Kier molecular flexibility index (Phi) is 5.80. The van der Waals surface area contributed by atoms with E-state index in [0.29, 0.717) is 47.8 Å². The van der Waals surface area contributed by atoms with E-state index in [0.717, 1.165) is 17.7 Å². The van der Waals surface area contributed by atoms with Crippen molar-refractivity contribution in [1.82, 2.24) is 4.90 Å². The maximum atomic E-state index is 13.1. The molecule has 2 atom stereocenters. The lowest BCUT2D eigenvalue weighted by Gasteiger charge is -2.27. The molecule has 0 radical (unpaired) electrons. The summed E-state index contributed by atoms with van der Waals surface area (Å²) in [7, 11) is 0. The molecule has 0 saturated heterocycles. The van der Waals surface area contributed by atoms with Gasteiger partial charge in [-0.15, -0.1) is 0 Å². The SMILES string of the molecule is CCC[C@@H]1N=C2c3ccccc3N=C(S[C@@H](C)C(=O)Nc3ccc4c(c3)OCCO4)N2C1=O. The Hall–Kier alpha value is -3.33. The summed E-state index contributed by atoms with van der Waals surface area (Å²) in [6.45, 7) is 4.82. The molecule has 0 saturated carbocycles. The highest BCUT2D eigenvalue weighted by atomic mass is 32.2. The number of carbonyl (C=O) groups excluding carboxylic acids is 2. The standard InChI is InChI=1S/C24H24N4O4S/c1-3-6-18-23(30)28-21(26-18)16-7-4-5-8-17(16)27-24(28)33-14(2)22(29)25-15-9-10-19-20(13-15)32-12-11-31-19/h4-5,7-10,13-14,18H,3,6,11-12H2,1-2H3,(H,25,29)/t14-,18-/m0/s1. The predicted molar refractivity (Wildman–Crippen MR) is 129 cm³/mol. The highest BCUT2D eigenvalue weighted by Gasteiger charge is 2.41. The van der Waals surface area contributed by atoms with Gasteiger partial charge in [-0.25, -0.2) is 9.89 Å². The number of amides is 2. The molecule has 2 aromatic carbocycles. The molecular formula is C24H24N4O4S. The summed E-state index contributed by atoms with van der Waals surface area (Å²) >= 11 is 1.25. The second-order valence-electron chi connectivity index (χ2n) is 7.95. The highest BCUT2D eigenvalue weighted by Crippen LogP contribution is 2.36. The first-order chi connectivity index (χ1) is 16.0. The zero-order valence-electron chi connectivity index (χ0n) is 18.4. The van der Waals surface area contributed by atoms with Crippen LogP contribution in [-0.4, -0.2) is 52.2 Å². The van der Waals surface area contributed by atoms with Crippen LogP contribution >= 0.6 is 11.8 Å². The number of nitrogens with one attached hydrogen (secondary N) is 1. The topological polar surface area (TPSA) is 92.6 Å². The van der Waals surface area contributed by atoms with E-state index >= 15 is 0 Å². The van der Waals surface area contributed by atoms with E-state index in [1.807, 2.05) is 31.2 Å². The second kappa shape index (κ2) is 8.90. The van der Waals surface area contributed by atoms with Crippen molar-refractivity contribution in [2.75, 3.05) is 18.5 Å². The van der Waals surface area contributed by atoms with Crippen LogP contribution in [-0.2, 0) is 9.59 Å². The minimum Gasteiger partial charge on any atom is -0.486 e. The molecule has 3 heterocycles. The van der Waals surface area contributed by atoms with Crippen LogP contribution in [0.2, 0.25) is 0 Å². The third-order valence-electron chi connectivity index (χ3n) is 5.57. The van der Waals surface area contributed by atoms with Gasteiger partial charge in [-0.05, 0) is 37.6 Å². The van der Waals surface area contributed by atoms with E-state index in [2.05, 4.69) is 5.32 Å². The minimum atomic E-state index is -0.499. The Morgan fingerprint density at radius 2 is 2.00 bits per heavy atom. The van der Waals surface area contributed by atoms with E-state index in [4.69, 9.17) is 19.5 Å². The average molecular weight is 465 g/mol. The van der Waals surface area contributed by atoms with Crippen molar-refractivity contribution in [3.05, 3.63) is 48.0 Å². The quantitative estimate of drug-likeness (QED) is 0.723. The Morgan fingerprint density at radius 1 is 1.21 bits per heavy atom. The monoisotopic (exact) mass is 464 g/mol. The van der Waals surface area contributed by atoms with Crippen molar-refractivity contribution in [2.45, 2.75) is 38.0 Å². The van der Waals surface area contributed by atoms with Gasteiger partial charge in [0.05, 0.1) is 10.9 Å². The molecular weight excluding hydrogens is 440 g/mol. The number of rotatable bonds is 5. The number of hydrogen-bond acceptors (Lipinski definition) is 7. The fourth-order valence-electron chi connectivity index (χ4n) is 3.92. The molecule has 0 fully saturated rings. The lowest BCUT2D eigenvalue weighted by atomic mass is 10.1. The number of nitrogens with zero attached hydrogens (tertiary/aromatic N) is 3. The summed E-state index contributed by atoms with van der Waals surface area (Å²) in [5.41, 5.74) is 2.21. The van der Waals surface area contributed by atoms with Crippen LogP contribution < -0.4 is 14.8 Å². The molecule has 5 rings (SSSR count). The van der Waals surface area contributed by atoms with Gasteiger partial charge < -0.3 is 14.8 Å².